The second-order valence-electron chi connectivity index (χ2n) is 9.31. The third kappa shape index (κ3) is 7.41. The molecule has 2 N–H and O–H groups in total. The molecule has 9 heteroatoms. The summed E-state index contributed by atoms with van der Waals surface area (Å²) in [6, 6.07) is 16.6. The van der Waals surface area contributed by atoms with Gasteiger partial charge in [-0.25, -0.2) is 9.78 Å². The topological polar surface area (TPSA) is 86.8 Å². The lowest BCUT2D eigenvalue weighted by atomic mass is 9.85. The number of carbonyl (C=O) groups is 1. The fourth-order valence-corrected chi connectivity index (χ4v) is 4.22. The summed E-state index contributed by atoms with van der Waals surface area (Å²) < 4.78 is 37.7. The molecule has 1 aliphatic heterocycles. The zero-order valence-electron chi connectivity index (χ0n) is 20.6. The first-order valence-corrected chi connectivity index (χ1v) is 11.7. The van der Waals surface area contributed by atoms with Gasteiger partial charge in [0, 0.05) is 31.6 Å². The van der Waals surface area contributed by atoms with Gasteiger partial charge in [-0.2, -0.15) is 13.2 Å². The van der Waals surface area contributed by atoms with Gasteiger partial charge in [0.25, 0.3) is 0 Å². The summed E-state index contributed by atoms with van der Waals surface area (Å²) in [6.07, 6.45) is -2.80. The van der Waals surface area contributed by atoms with Crippen molar-refractivity contribution >= 4 is 5.97 Å². The highest BCUT2D eigenvalue weighted by Crippen LogP contribution is 2.29. The summed E-state index contributed by atoms with van der Waals surface area (Å²) in [6.45, 7) is 8.67. The number of carboxylic acids is 1. The summed E-state index contributed by atoms with van der Waals surface area (Å²) in [7, 11) is 0. The van der Waals surface area contributed by atoms with Crippen LogP contribution in [0, 0.1) is 20.8 Å². The molecular formula is C27H31F3N2O4. The third-order valence-electron chi connectivity index (χ3n) is 6.29. The Kier molecular flexibility index (Phi) is 8.58. The first kappa shape index (κ1) is 27.4. The number of aliphatic hydroxyl groups is 1. The molecule has 0 atom stereocenters. The molecule has 1 aliphatic rings. The fourth-order valence-electron chi connectivity index (χ4n) is 4.22. The van der Waals surface area contributed by atoms with Crippen LogP contribution in [0.3, 0.4) is 0 Å². The number of likely N-dealkylation sites (tertiary alicyclic amines) is 1. The Hall–Kier alpha value is -3.17. The maximum Gasteiger partial charge on any atom is 0.490 e. The molecule has 1 aromatic heterocycles. The molecule has 36 heavy (non-hydrogen) atoms. The highest BCUT2D eigenvalue weighted by molar-refractivity contribution is 5.73. The van der Waals surface area contributed by atoms with E-state index >= 15 is 0 Å². The lowest BCUT2D eigenvalue weighted by Gasteiger charge is -2.38. The monoisotopic (exact) mass is 504 g/mol. The maximum atomic E-state index is 11.1. The van der Waals surface area contributed by atoms with E-state index in [2.05, 4.69) is 55.1 Å². The summed E-state index contributed by atoms with van der Waals surface area (Å²) in [5, 5.41) is 18.2. The minimum Gasteiger partial charge on any atom is -0.475 e. The van der Waals surface area contributed by atoms with Crippen molar-refractivity contribution in [3.05, 3.63) is 76.7 Å². The molecule has 3 aromatic rings. The number of benzene rings is 2. The van der Waals surface area contributed by atoms with Gasteiger partial charge in [0.15, 0.2) is 0 Å². The van der Waals surface area contributed by atoms with Crippen molar-refractivity contribution in [3.8, 4) is 11.5 Å². The molecule has 0 bridgehead atoms. The second kappa shape index (κ2) is 11.3. The zero-order chi connectivity index (χ0) is 26.5. The van der Waals surface area contributed by atoms with Gasteiger partial charge in [-0.3, -0.25) is 4.90 Å². The Balaban J connectivity index is 0.000000454. The van der Waals surface area contributed by atoms with Gasteiger partial charge in [0.2, 0.25) is 5.89 Å². The lowest BCUT2D eigenvalue weighted by Crippen LogP contribution is -2.45. The smallest absolute Gasteiger partial charge is 0.475 e. The number of alkyl halides is 3. The van der Waals surface area contributed by atoms with E-state index in [9.17, 15) is 18.3 Å². The van der Waals surface area contributed by atoms with E-state index in [1.165, 1.54) is 16.7 Å². The number of hydrogen-bond acceptors (Lipinski definition) is 5. The normalized spacial score (nSPS) is 15.8. The van der Waals surface area contributed by atoms with Crippen LogP contribution in [0.4, 0.5) is 13.2 Å². The van der Waals surface area contributed by atoms with Crippen LogP contribution in [0.1, 0.15) is 41.0 Å². The Morgan fingerprint density at radius 3 is 2.31 bits per heavy atom. The summed E-state index contributed by atoms with van der Waals surface area (Å²) >= 11 is 0. The van der Waals surface area contributed by atoms with Gasteiger partial charge >= 0.3 is 12.1 Å². The predicted molar refractivity (Wildman–Crippen MR) is 129 cm³/mol. The Bertz CT molecular complexity index is 1180. The van der Waals surface area contributed by atoms with E-state index in [0.29, 0.717) is 5.89 Å². The van der Waals surface area contributed by atoms with Crippen molar-refractivity contribution in [2.75, 3.05) is 13.1 Å². The van der Waals surface area contributed by atoms with Crippen LogP contribution in [0.15, 0.2) is 52.9 Å². The average molecular weight is 505 g/mol. The SMILES string of the molecule is Cc1cccc(CC2(O)CCN(Cc3nc(-c4ccccc4C)oc3C)CC2)c1.O=C(O)C(F)(F)F. The molecule has 0 saturated carbocycles. The highest BCUT2D eigenvalue weighted by atomic mass is 19.4. The lowest BCUT2D eigenvalue weighted by molar-refractivity contribution is -0.192. The van der Waals surface area contributed by atoms with Crippen LogP contribution in [0.25, 0.3) is 11.5 Å². The first-order chi connectivity index (χ1) is 16.9. The average Bonchev–Trinajstić information content (AvgIpc) is 3.15. The Morgan fingerprint density at radius 1 is 1.08 bits per heavy atom. The number of piperidine rings is 1. The standard InChI is InChI=1S/C25H30N2O2.C2HF3O2/c1-18-7-6-9-21(15-18)16-25(28)11-13-27(14-12-25)17-23-20(3)29-24(26-23)22-10-5-4-8-19(22)2;3-2(4,5)1(6)7/h4-10,15,28H,11-14,16-17H2,1-3H3;(H,6,7). The number of aryl methyl sites for hydroxylation is 3. The van der Waals surface area contributed by atoms with E-state index in [1.54, 1.807) is 0 Å². The van der Waals surface area contributed by atoms with Crippen molar-refractivity contribution in [2.45, 2.75) is 58.4 Å². The highest BCUT2D eigenvalue weighted by Gasteiger charge is 2.38. The van der Waals surface area contributed by atoms with E-state index in [1.807, 2.05) is 19.1 Å². The van der Waals surface area contributed by atoms with Crippen molar-refractivity contribution in [1.29, 1.82) is 0 Å². The molecule has 0 spiro atoms. The number of rotatable bonds is 5. The van der Waals surface area contributed by atoms with Crippen LogP contribution >= 0.6 is 0 Å². The summed E-state index contributed by atoms with van der Waals surface area (Å²) in [5.74, 6) is -1.18. The fraction of sp³-hybridized carbons (Fsp3) is 0.407. The number of aromatic nitrogens is 1. The molecule has 1 fully saturated rings. The predicted octanol–water partition coefficient (Wildman–Crippen LogP) is 5.47. The molecule has 1 saturated heterocycles. The van der Waals surface area contributed by atoms with E-state index in [-0.39, 0.29) is 0 Å². The zero-order valence-corrected chi connectivity index (χ0v) is 20.6. The number of oxazole rings is 1. The number of halogens is 3. The van der Waals surface area contributed by atoms with Crippen molar-refractivity contribution < 1.29 is 32.6 Å². The molecule has 4 rings (SSSR count). The van der Waals surface area contributed by atoms with Crippen LogP contribution in [-0.2, 0) is 17.8 Å². The number of nitrogens with zero attached hydrogens (tertiary/aromatic N) is 2. The largest absolute Gasteiger partial charge is 0.490 e. The van der Waals surface area contributed by atoms with Crippen molar-refractivity contribution in [3.63, 3.8) is 0 Å². The minimum absolute atomic E-state index is 0.616. The molecule has 194 valence electrons. The minimum atomic E-state index is -5.08. The van der Waals surface area contributed by atoms with Gasteiger partial charge in [-0.05, 0) is 50.8 Å². The van der Waals surface area contributed by atoms with Gasteiger partial charge in [0.1, 0.15) is 5.76 Å². The molecule has 0 unspecified atom stereocenters. The molecule has 0 amide bonds. The quantitative estimate of drug-likeness (QED) is 0.479. The molecule has 6 nitrogen and oxygen atoms in total. The van der Waals surface area contributed by atoms with Crippen LogP contribution in [0.5, 0.6) is 0 Å². The van der Waals surface area contributed by atoms with E-state index < -0.39 is 17.7 Å². The molecule has 0 radical (unpaired) electrons. The molecule has 0 aliphatic carbocycles. The van der Waals surface area contributed by atoms with Gasteiger partial charge in [0.05, 0.1) is 11.3 Å². The molecule has 2 heterocycles. The number of hydrogen-bond donors (Lipinski definition) is 2. The summed E-state index contributed by atoms with van der Waals surface area (Å²) in [4.78, 5) is 16.0. The van der Waals surface area contributed by atoms with E-state index in [0.717, 1.165) is 55.9 Å². The maximum absolute atomic E-state index is 11.1. The van der Waals surface area contributed by atoms with Gasteiger partial charge in [-0.15, -0.1) is 0 Å². The van der Waals surface area contributed by atoms with Crippen molar-refractivity contribution in [1.82, 2.24) is 9.88 Å². The van der Waals surface area contributed by atoms with Crippen LogP contribution in [0.2, 0.25) is 0 Å². The second-order valence-corrected chi connectivity index (χ2v) is 9.31. The van der Waals surface area contributed by atoms with Crippen LogP contribution < -0.4 is 0 Å². The van der Waals surface area contributed by atoms with Gasteiger partial charge in [-0.1, -0.05) is 48.0 Å². The molecular weight excluding hydrogens is 473 g/mol. The Labute approximate surface area is 208 Å². The first-order valence-electron chi connectivity index (χ1n) is 11.7. The van der Waals surface area contributed by atoms with Crippen molar-refractivity contribution in [2.24, 2.45) is 0 Å². The van der Waals surface area contributed by atoms with E-state index in [4.69, 9.17) is 19.3 Å². The number of aliphatic carboxylic acids is 1. The van der Waals surface area contributed by atoms with Crippen LogP contribution in [-0.4, -0.2) is 50.9 Å². The number of carboxylic acid groups (broad SMARTS) is 1. The summed E-state index contributed by atoms with van der Waals surface area (Å²) in [5.41, 5.74) is 5.06. The molecule has 2 aromatic carbocycles. The Morgan fingerprint density at radius 2 is 1.72 bits per heavy atom. The third-order valence-corrected chi connectivity index (χ3v) is 6.29. The van der Waals surface area contributed by atoms with Gasteiger partial charge < -0.3 is 14.6 Å².